The molecular formula is C46H42N2. The van der Waals surface area contributed by atoms with E-state index in [1.54, 1.807) is 0 Å². The van der Waals surface area contributed by atoms with E-state index in [-0.39, 0.29) is 0 Å². The third-order valence-electron chi connectivity index (χ3n) is 9.92. The van der Waals surface area contributed by atoms with Crippen LogP contribution in [0.1, 0.15) is 63.5 Å². The summed E-state index contributed by atoms with van der Waals surface area (Å²) >= 11 is 0. The standard InChI is InChI=1S/C46H42N2/c1-31(2)41-29-43(47(33-17-9-5-10-18-33)34-19-11-6-12-20-34)39-28-26-38-42(32(3)4)30-44(40-27-25-37(41)45(39)46(38)40)48(35-21-13-7-14-22-35)36-23-15-8-16-24-36/h5-7,9-15,17-32H,8,16H2,1-4H3. The first-order valence-electron chi connectivity index (χ1n) is 17.4. The van der Waals surface area contributed by atoms with Crippen LogP contribution in [0.4, 0.5) is 28.4 Å². The molecule has 0 atom stereocenters. The van der Waals surface area contributed by atoms with Gasteiger partial charge in [-0.05, 0) is 112 Å². The molecule has 0 aliphatic heterocycles. The van der Waals surface area contributed by atoms with E-state index in [4.69, 9.17) is 0 Å². The predicted octanol–water partition coefficient (Wildman–Crippen LogP) is 13.7. The second-order valence-corrected chi connectivity index (χ2v) is 13.6. The average molecular weight is 623 g/mol. The first-order chi connectivity index (χ1) is 23.5. The molecule has 0 unspecified atom stereocenters. The van der Waals surface area contributed by atoms with Crippen molar-refractivity contribution in [3.63, 3.8) is 0 Å². The van der Waals surface area contributed by atoms with Gasteiger partial charge < -0.3 is 9.80 Å². The van der Waals surface area contributed by atoms with Crippen LogP contribution in [-0.2, 0) is 0 Å². The third-order valence-corrected chi connectivity index (χ3v) is 9.92. The monoisotopic (exact) mass is 622 g/mol. The number of nitrogens with zero attached hydrogens (tertiary/aromatic N) is 2. The summed E-state index contributed by atoms with van der Waals surface area (Å²) < 4.78 is 0. The number of benzene rings is 7. The van der Waals surface area contributed by atoms with Gasteiger partial charge in [0.1, 0.15) is 0 Å². The Morgan fingerprint density at radius 1 is 0.458 bits per heavy atom. The molecule has 0 aromatic heterocycles. The molecule has 1 aliphatic rings. The van der Waals surface area contributed by atoms with Crippen molar-refractivity contribution in [2.75, 3.05) is 9.80 Å². The molecule has 0 N–H and O–H groups in total. The van der Waals surface area contributed by atoms with Gasteiger partial charge in [-0.1, -0.05) is 119 Å². The summed E-state index contributed by atoms with van der Waals surface area (Å²) in [6, 6.07) is 47.0. The van der Waals surface area contributed by atoms with E-state index in [0.29, 0.717) is 11.8 Å². The molecule has 7 aromatic rings. The maximum Gasteiger partial charge on any atom is 0.0543 e. The Bertz CT molecular complexity index is 2240. The van der Waals surface area contributed by atoms with Crippen LogP contribution < -0.4 is 9.80 Å². The molecule has 0 spiro atoms. The van der Waals surface area contributed by atoms with Crippen LogP contribution in [-0.4, -0.2) is 0 Å². The van der Waals surface area contributed by atoms with Crippen LogP contribution in [0.3, 0.4) is 0 Å². The predicted molar refractivity (Wildman–Crippen MR) is 208 cm³/mol. The summed E-state index contributed by atoms with van der Waals surface area (Å²) in [6.45, 7) is 9.32. The lowest BCUT2D eigenvalue weighted by Crippen LogP contribution is -2.17. The van der Waals surface area contributed by atoms with E-state index in [1.165, 1.54) is 66.2 Å². The van der Waals surface area contributed by atoms with Gasteiger partial charge in [0.25, 0.3) is 0 Å². The van der Waals surface area contributed by atoms with Crippen molar-refractivity contribution < 1.29 is 0 Å². The molecule has 0 bridgehead atoms. The van der Waals surface area contributed by atoms with Crippen molar-refractivity contribution in [3.05, 3.63) is 162 Å². The van der Waals surface area contributed by atoms with Crippen LogP contribution in [0.2, 0.25) is 0 Å². The number of anilines is 5. The van der Waals surface area contributed by atoms with Crippen molar-refractivity contribution in [1.29, 1.82) is 0 Å². The zero-order valence-corrected chi connectivity index (χ0v) is 28.3. The lowest BCUT2D eigenvalue weighted by atomic mass is 9.84. The number of hydrogen-bond acceptors (Lipinski definition) is 2. The van der Waals surface area contributed by atoms with Crippen LogP contribution in [0, 0.1) is 0 Å². The number of allylic oxidation sites excluding steroid dienone is 3. The summed E-state index contributed by atoms with van der Waals surface area (Å²) in [6.07, 6.45) is 9.14. The van der Waals surface area contributed by atoms with E-state index >= 15 is 0 Å². The summed E-state index contributed by atoms with van der Waals surface area (Å²) in [5.41, 5.74) is 9.94. The number of para-hydroxylation sites is 3. The minimum atomic E-state index is 0.351. The molecule has 2 heteroatoms. The average Bonchev–Trinajstić information content (AvgIpc) is 3.13. The van der Waals surface area contributed by atoms with Crippen molar-refractivity contribution in [1.82, 2.24) is 0 Å². The van der Waals surface area contributed by atoms with E-state index in [0.717, 1.165) is 24.2 Å². The Kier molecular flexibility index (Phi) is 7.73. The van der Waals surface area contributed by atoms with Crippen LogP contribution in [0.15, 0.2) is 151 Å². The normalized spacial score (nSPS) is 13.2. The van der Waals surface area contributed by atoms with Crippen molar-refractivity contribution in [3.8, 4) is 0 Å². The van der Waals surface area contributed by atoms with Gasteiger partial charge in [-0.3, -0.25) is 0 Å². The molecule has 236 valence electrons. The van der Waals surface area contributed by atoms with Gasteiger partial charge in [0.05, 0.1) is 11.4 Å². The van der Waals surface area contributed by atoms with Gasteiger partial charge in [0.2, 0.25) is 0 Å². The zero-order chi connectivity index (χ0) is 32.8. The van der Waals surface area contributed by atoms with Gasteiger partial charge >= 0.3 is 0 Å². The van der Waals surface area contributed by atoms with Crippen LogP contribution in [0.25, 0.3) is 32.3 Å². The Morgan fingerprint density at radius 3 is 1.29 bits per heavy atom. The fourth-order valence-electron chi connectivity index (χ4n) is 7.69. The van der Waals surface area contributed by atoms with Gasteiger partial charge in [-0.2, -0.15) is 0 Å². The summed E-state index contributed by atoms with van der Waals surface area (Å²) in [5, 5.41) is 7.97. The van der Waals surface area contributed by atoms with Gasteiger partial charge in [0, 0.05) is 33.5 Å². The third kappa shape index (κ3) is 5.04. The Morgan fingerprint density at radius 2 is 0.875 bits per heavy atom. The Hall–Kier alpha value is -5.34. The van der Waals surface area contributed by atoms with Crippen molar-refractivity contribution >= 4 is 60.8 Å². The smallest absolute Gasteiger partial charge is 0.0543 e. The maximum absolute atomic E-state index is 2.48. The molecule has 0 amide bonds. The molecule has 0 heterocycles. The summed E-state index contributed by atoms with van der Waals surface area (Å²) in [7, 11) is 0. The SMILES string of the molecule is CC(C)c1cc(N(C2=CCCC=C2)c2ccccc2)c2ccc3c(C(C)C)cc(N(c4ccccc4)c4ccccc4)c4ccc1c2c34. The minimum absolute atomic E-state index is 0.351. The summed E-state index contributed by atoms with van der Waals surface area (Å²) in [4.78, 5) is 4.92. The first kappa shape index (κ1) is 30.0. The molecule has 0 radical (unpaired) electrons. The van der Waals surface area contributed by atoms with Crippen LogP contribution in [0.5, 0.6) is 0 Å². The minimum Gasteiger partial charge on any atom is -0.310 e. The molecule has 8 rings (SSSR count). The van der Waals surface area contributed by atoms with E-state index in [2.05, 4.69) is 183 Å². The van der Waals surface area contributed by atoms with Gasteiger partial charge in [0.15, 0.2) is 0 Å². The molecule has 1 aliphatic carbocycles. The van der Waals surface area contributed by atoms with Crippen LogP contribution >= 0.6 is 0 Å². The highest BCUT2D eigenvalue weighted by Gasteiger charge is 2.26. The van der Waals surface area contributed by atoms with Crippen molar-refractivity contribution in [2.45, 2.75) is 52.4 Å². The molecule has 0 saturated carbocycles. The zero-order valence-electron chi connectivity index (χ0n) is 28.3. The van der Waals surface area contributed by atoms with E-state index < -0.39 is 0 Å². The Labute approximate surface area is 284 Å². The van der Waals surface area contributed by atoms with Gasteiger partial charge in [-0.25, -0.2) is 0 Å². The molecule has 48 heavy (non-hydrogen) atoms. The van der Waals surface area contributed by atoms with E-state index in [1.807, 2.05) is 0 Å². The van der Waals surface area contributed by atoms with E-state index in [9.17, 15) is 0 Å². The largest absolute Gasteiger partial charge is 0.310 e. The quantitative estimate of drug-likeness (QED) is 0.156. The maximum atomic E-state index is 2.48. The second-order valence-electron chi connectivity index (χ2n) is 13.6. The highest BCUT2D eigenvalue weighted by atomic mass is 15.2. The van der Waals surface area contributed by atoms with Crippen molar-refractivity contribution in [2.24, 2.45) is 0 Å². The highest BCUT2D eigenvalue weighted by Crippen LogP contribution is 2.50. The number of hydrogen-bond donors (Lipinski definition) is 0. The number of rotatable bonds is 8. The molecule has 0 fully saturated rings. The Balaban J connectivity index is 1.52. The molecule has 2 nitrogen and oxygen atoms in total. The second kappa shape index (κ2) is 12.4. The topological polar surface area (TPSA) is 6.48 Å². The first-order valence-corrected chi connectivity index (χ1v) is 17.4. The molecule has 7 aromatic carbocycles. The highest BCUT2D eigenvalue weighted by molar-refractivity contribution is 6.29. The lowest BCUT2D eigenvalue weighted by molar-refractivity contribution is 0.875. The summed E-state index contributed by atoms with van der Waals surface area (Å²) in [5.74, 6) is 0.708. The molecule has 0 saturated heterocycles. The molecular weight excluding hydrogens is 581 g/mol. The lowest BCUT2D eigenvalue weighted by Gasteiger charge is -2.32. The van der Waals surface area contributed by atoms with Gasteiger partial charge in [-0.15, -0.1) is 0 Å². The fraction of sp³-hybridized carbons (Fsp3) is 0.174. The fourth-order valence-corrected chi connectivity index (χ4v) is 7.69.